The molecule has 0 aliphatic heterocycles. The van der Waals surface area contributed by atoms with Gasteiger partial charge in [0.15, 0.2) is 11.4 Å². The molecule has 0 spiro atoms. The van der Waals surface area contributed by atoms with E-state index in [4.69, 9.17) is 16.3 Å². The Morgan fingerprint density at radius 3 is 2.93 bits per heavy atom. The van der Waals surface area contributed by atoms with Gasteiger partial charge in [0.25, 0.3) is 0 Å². The second-order valence-electron chi connectivity index (χ2n) is 2.41. The summed E-state index contributed by atoms with van der Waals surface area (Å²) < 4.78 is 4.97. The topological polar surface area (TPSA) is 55.2 Å². The summed E-state index contributed by atoms with van der Waals surface area (Å²) in [6.45, 7) is 2.19. The van der Waals surface area contributed by atoms with Gasteiger partial charge >= 0.3 is 0 Å². The fourth-order valence-electron chi connectivity index (χ4n) is 0.867. The van der Waals surface area contributed by atoms with Crippen LogP contribution in [0.15, 0.2) is 11.4 Å². The zero-order valence-corrected chi connectivity index (χ0v) is 9.47. The van der Waals surface area contributed by atoms with Crippen molar-refractivity contribution in [2.75, 3.05) is 12.9 Å². The minimum absolute atomic E-state index is 0.227. The van der Waals surface area contributed by atoms with E-state index in [-0.39, 0.29) is 5.15 Å². The van der Waals surface area contributed by atoms with E-state index in [1.165, 1.54) is 18.0 Å². The summed E-state index contributed by atoms with van der Waals surface area (Å²) in [7, 11) is 0. The van der Waals surface area contributed by atoms with Crippen LogP contribution in [0.1, 0.15) is 18.8 Å². The molecule has 0 aliphatic rings. The molecule has 0 bridgehead atoms. The molecule has 1 aromatic rings. The third-order valence-corrected chi connectivity index (χ3v) is 2.38. The summed E-state index contributed by atoms with van der Waals surface area (Å²) in [4.78, 5) is 7.96. The summed E-state index contributed by atoms with van der Waals surface area (Å²) in [5.74, 6) is 0. The first-order valence-electron chi connectivity index (χ1n) is 4.05. The highest BCUT2D eigenvalue weighted by Crippen LogP contribution is 2.22. The molecule has 1 rings (SSSR count). The van der Waals surface area contributed by atoms with Crippen LogP contribution >= 0.6 is 23.4 Å². The molecule has 0 saturated heterocycles. The van der Waals surface area contributed by atoms with Crippen molar-refractivity contribution in [2.45, 2.75) is 18.4 Å². The van der Waals surface area contributed by atoms with Gasteiger partial charge in [0.2, 0.25) is 0 Å². The maximum Gasteiger partial charge on any atom is 0.188 e. The summed E-state index contributed by atoms with van der Waals surface area (Å²) >= 11 is 7.22. The molecule has 1 aromatic heterocycles. The van der Waals surface area contributed by atoms with Crippen LogP contribution < -0.4 is 0 Å². The normalized spacial score (nSPS) is 12.9. The first-order valence-corrected chi connectivity index (χ1v) is 5.65. The van der Waals surface area contributed by atoms with Crippen LogP contribution in [0.4, 0.5) is 0 Å². The van der Waals surface area contributed by atoms with Crippen molar-refractivity contribution in [2.24, 2.45) is 0 Å². The highest BCUT2D eigenvalue weighted by atomic mass is 35.5. The van der Waals surface area contributed by atoms with Gasteiger partial charge in [-0.3, -0.25) is 0 Å². The second kappa shape index (κ2) is 5.50. The minimum Gasteiger partial charge on any atom is -0.364 e. The molecule has 0 fully saturated rings. The Bertz CT molecular complexity index is 311. The summed E-state index contributed by atoms with van der Waals surface area (Å²) in [5.41, 5.74) is 0.395. The lowest BCUT2D eigenvalue weighted by molar-refractivity contribution is -0.0983. The Labute approximate surface area is 91.7 Å². The Hall–Kier alpha value is -0.360. The van der Waals surface area contributed by atoms with Crippen molar-refractivity contribution in [1.82, 2.24) is 9.97 Å². The van der Waals surface area contributed by atoms with Crippen molar-refractivity contribution in [3.63, 3.8) is 0 Å². The average molecular weight is 235 g/mol. The zero-order valence-electron chi connectivity index (χ0n) is 7.90. The molecule has 0 aromatic carbocycles. The number of aliphatic hydroxyl groups excluding tert-OH is 1. The van der Waals surface area contributed by atoms with Crippen LogP contribution in [-0.4, -0.2) is 27.9 Å². The molecule has 1 atom stereocenters. The minimum atomic E-state index is -1.05. The first-order chi connectivity index (χ1) is 6.69. The molecule has 0 amide bonds. The molecule has 78 valence electrons. The van der Waals surface area contributed by atoms with E-state index in [9.17, 15) is 5.11 Å². The lowest BCUT2D eigenvalue weighted by Gasteiger charge is -2.11. The monoisotopic (exact) mass is 234 g/mol. The standard InChI is InChI=1S/C8H11ClN2O2S/c1-3-13-7(12)5-4-10-8(14-2)11-6(5)9/h4,7,12H,3H2,1-2H3. The lowest BCUT2D eigenvalue weighted by atomic mass is 10.3. The molecule has 0 radical (unpaired) electrons. The van der Waals surface area contributed by atoms with Gasteiger partial charge in [-0.2, -0.15) is 0 Å². The maximum atomic E-state index is 9.47. The molecule has 0 aliphatic carbocycles. The van der Waals surface area contributed by atoms with Crippen LogP contribution in [-0.2, 0) is 4.74 Å². The largest absolute Gasteiger partial charge is 0.364 e. The number of thioether (sulfide) groups is 1. The molecule has 4 nitrogen and oxygen atoms in total. The summed E-state index contributed by atoms with van der Waals surface area (Å²) in [6.07, 6.45) is 2.27. The number of aliphatic hydroxyl groups is 1. The maximum absolute atomic E-state index is 9.47. The number of rotatable bonds is 4. The van der Waals surface area contributed by atoms with Crippen LogP contribution in [0.25, 0.3) is 0 Å². The van der Waals surface area contributed by atoms with Gasteiger partial charge < -0.3 is 9.84 Å². The van der Waals surface area contributed by atoms with Crippen molar-refractivity contribution in [1.29, 1.82) is 0 Å². The predicted octanol–water partition coefficient (Wildman–Crippen LogP) is 1.88. The first kappa shape index (κ1) is 11.7. The van der Waals surface area contributed by atoms with Gasteiger partial charge in [-0.15, -0.1) is 0 Å². The number of hydrogen-bond acceptors (Lipinski definition) is 5. The van der Waals surface area contributed by atoms with Crippen molar-refractivity contribution in [3.05, 3.63) is 16.9 Å². The van der Waals surface area contributed by atoms with Gasteiger partial charge in [-0.05, 0) is 13.2 Å². The summed E-state index contributed by atoms with van der Waals surface area (Å²) in [5, 5.41) is 10.3. The van der Waals surface area contributed by atoms with E-state index in [0.29, 0.717) is 17.3 Å². The highest BCUT2D eigenvalue weighted by molar-refractivity contribution is 7.98. The second-order valence-corrected chi connectivity index (χ2v) is 3.54. The average Bonchev–Trinajstić information content (AvgIpc) is 2.17. The number of nitrogens with zero attached hydrogens (tertiary/aromatic N) is 2. The quantitative estimate of drug-likeness (QED) is 0.373. The third-order valence-electron chi connectivity index (χ3n) is 1.52. The van der Waals surface area contributed by atoms with Crippen molar-refractivity contribution >= 4 is 23.4 Å². The fraction of sp³-hybridized carbons (Fsp3) is 0.500. The van der Waals surface area contributed by atoms with E-state index in [1.54, 1.807) is 6.92 Å². The van der Waals surface area contributed by atoms with E-state index in [2.05, 4.69) is 9.97 Å². The highest BCUT2D eigenvalue weighted by Gasteiger charge is 2.13. The van der Waals surface area contributed by atoms with Gasteiger partial charge in [0, 0.05) is 12.8 Å². The third kappa shape index (κ3) is 2.81. The summed E-state index contributed by atoms with van der Waals surface area (Å²) in [6, 6.07) is 0. The van der Waals surface area contributed by atoms with E-state index in [0.717, 1.165) is 0 Å². The van der Waals surface area contributed by atoms with Crippen LogP contribution in [0.2, 0.25) is 5.15 Å². The molecule has 1 heterocycles. The van der Waals surface area contributed by atoms with Crippen LogP contribution in [0.5, 0.6) is 0 Å². The number of halogens is 1. The van der Waals surface area contributed by atoms with Crippen molar-refractivity contribution in [3.8, 4) is 0 Å². The van der Waals surface area contributed by atoms with Gasteiger partial charge in [0.1, 0.15) is 5.15 Å². The molecule has 1 unspecified atom stereocenters. The predicted molar refractivity (Wildman–Crippen MR) is 55.4 cm³/mol. The van der Waals surface area contributed by atoms with E-state index >= 15 is 0 Å². The van der Waals surface area contributed by atoms with E-state index in [1.807, 2.05) is 6.26 Å². The number of ether oxygens (including phenoxy) is 1. The Morgan fingerprint density at radius 2 is 2.43 bits per heavy atom. The SMILES string of the molecule is CCOC(O)c1cnc(SC)nc1Cl. The van der Waals surface area contributed by atoms with E-state index < -0.39 is 6.29 Å². The molecule has 14 heavy (non-hydrogen) atoms. The molecule has 0 saturated carbocycles. The Balaban J connectivity index is 2.88. The molecule has 1 N–H and O–H groups in total. The smallest absolute Gasteiger partial charge is 0.188 e. The lowest BCUT2D eigenvalue weighted by Crippen LogP contribution is -2.05. The van der Waals surface area contributed by atoms with Gasteiger partial charge in [0.05, 0.1) is 5.56 Å². The number of aromatic nitrogens is 2. The van der Waals surface area contributed by atoms with Crippen molar-refractivity contribution < 1.29 is 9.84 Å². The zero-order chi connectivity index (χ0) is 10.6. The fourth-order valence-corrected chi connectivity index (χ4v) is 1.48. The molecular weight excluding hydrogens is 224 g/mol. The van der Waals surface area contributed by atoms with Crippen LogP contribution in [0.3, 0.4) is 0 Å². The number of hydrogen-bond donors (Lipinski definition) is 1. The van der Waals surface area contributed by atoms with Gasteiger partial charge in [-0.1, -0.05) is 23.4 Å². The molecular formula is C8H11ClN2O2S. The van der Waals surface area contributed by atoms with Crippen LogP contribution in [0, 0.1) is 0 Å². The Kier molecular flexibility index (Phi) is 4.60. The molecule has 6 heteroatoms. The van der Waals surface area contributed by atoms with Gasteiger partial charge in [-0.25, -0.2) is 9.97 Å². The Morgan fingerprint density at radius 1 is 1.71 bits per heavy atom.